The van der Waals surface area contributed by atoms with E-state index in [1.54, 1.807) is 0 Å². The van der Waals surface area contributed by atoms with Crippen molar-refractivity contribution in [3.05, 3.63) is 0 Å². The predicted octanol–water partition coefficient (Wildman–Crippen LogP) is 1.39. The third kappa shape index (κ3) is 1.81. The lowest BCUT2D eigenvalue weighted by molar-refractivity contribution is -0.114. The molecule has 0 heterocycles. The van der Waals surface area contributed by atoms with E-state index in [0.717, 1.165) is 19.1 Å². The first kappa shape index (κ1) is 7.73. The largest absolute Gasteiger partial charge is 0.378 e. The topological polar surface area (TPSA) is 26.3 Å². The predicted molar refractivity (Wildman–Crippen MR) is 38.8 cm³/mol. The maximum absolute atomic E-state index is 10.4. The van der Waals surface area contributed by atoms with Gasteiger partial charge in [0.15, 0.2) is 0 Å². The van der Waals surface area contributed by atoms with Gasteiger partial charge in [0.1, 0.15) is 6.29 Å². The molecule has 1 rings (SSSR count). The molecule has 0 aliphatic heterocycles. The Bertz CT molecular complexity index is 125. The van der Waals surface area contributed by atoms with Crippen LogP contribution in [0.3, 0.4) is 0 Å². The molecular weight excluding hydrogens is 128 g/mol. The Labute approximate surface area is 61.6 Å². The van der Waals surface area contributed by atoms with E-state index in [9.17, 15) is 4.79 Å². The molecule has 10 heavy (non-hydrogen) atoms. The molecule has 0 bridgehead atoms. The van der Waals surface area contributed by atoms with E-state index in [4.69, 9.17) is 4.74 Å². The van der Waals surface area contributed by atoms with Crippen molar-refractivity contribution >= 4 is 6.29 Å². The first-order valence-corrected chi connectivity index (χ1v) is 3.76. The summed E-state index contributed by atoms with van der Waals surface area (Å²) in [5.74, 6) is 0. The molecule has 0 radical (unpaired) electrons. The molecule has 0 spiro atoms. The fourth-order valence-corrected chi connectivity index (χ4v) is 0.789. The fourth-order valence-electron chi connectivity index (χ4n) is 0.789. The Kier molecular flexibility index (Phi) is 2.09. The summed E-state index contributed by atoms with van der Waals surface area (Å²) >= 11 is 0. The van der Waals surface area contributed by atoms with E-state index >= 15 is 0 Å². The lowest BCUT2D eigenvalue weighted by Gasteiger charge is -2.10. The SMILES string of the molecule is CC(C)OCC1(C=O)CC1. The number of hydrogen-bond donors (Lipinski definition) is 0. The van der Waals surface area contributed by atoms with Crippen LogP contribution in [0.25, 0.3) is 0 Å². The Morgan fingerprint density at radius 1 is 1.60 bits per heavy atom. The van der Waals surface area contributed by atoms with E-state index in [-0.39, 0.29) is 11.5 Å². The van der Waals surface area contributed by atoms with Crippen LogP contribution >= 0.6 is 0 Å². The number of carbonyl (C=O) groups is 1. The van der Waals surface area contributed by atoms with Crippen LogP contribution in [-0.4, -0.2) is 19.0 Å². The number of ether oxygens (including phenoxy) is 1. The van der Waals surface area contributed by atoms with E-state index in [1.165, 1.54) is 0 Å². The van der Waals surface area contributed by atoms with Crippen molar-refractivity contribution in [3.8, 4) is 0 Å². The van der Waals surface area contributed by atoms with Gasteiger partial charge in [-0.25, -0.2) is 0 Å². The highest BCUT2D eigenvalue weighted by molar-refractivity contribution is 5.63. The molecule has 0 unspecified atom stereocenters. The van der Waals surface area contributed by atoms with Crippen molar-refractivity contribution in [1.82, 2.24) is 0 Å². The molecule has 0 atom stereocenters. The van der Waals surface area contributed by atoms with Crippen LogP contribution in [0.4, 0.5) is 0 Å². The first-order valence-electron chi connectivity index (χ1n) is 3.76. The van der Waals surface area contributed by atoms with Crippen molar-refractivity contribution in [2.24, 2.45) is 5.41 Å². The molecule has 0 aromatic rings. The van der Waals surface area contributed by atoms with Crippen LogP contribution in [0.5, 0.6) is 0 Å². The molecule has 2 heteroatoms. The van der Waals surface area contributed by atoms with Crippen LogP contribution in [0.1, 0.15) is 26.7 Å². The molecule has 1 fully saturated rings. The third-order valence-corrected chi connectivity index (χ3v) is 1.85. The zero-order valence-corrected chi connectivity index (χ0v) is 6.59. The molecule has 0 aromatic carbocycles. The molecule has 0 amide bonds. The van der Waals surface area contributed by atoms with E-state index in [2.05, 4.69) is 0 Å². The van der Waals surface area contributed by atoms with Gasteiger partial charge in [0.2, 0.25) is 0 Å². The highest BCUT2D eigenvalue weighted by atomic mass is 16.5. The summed E-state index contributed by atoms with van der Waals surface area (Å²) in [5, 5.41) is 0. The highest BCUT2D eigenvalue weighted by Crippen LogP contribution is 2.43. The molecule has 0 N–H and O–H groups in total. The molecular formula is C8H14O2. The summed E-state index contributed by atoms with van der Waals surface area (Å²) < 4.78 is 5.33. The van der Waals surface area contributed by atoms with Crippen molar-refractivity contribution in [1.29, 1.82) is 0 Å². The summed E-state index contributed by atoms with van der Waals surface area (Å²) in [6.45, 7) is 4.59. The zero-order chi connectivity index (χ0) is 7.61. The van der Waals surface area contributed by atoms with Crippen LogP contribution < -0.4 is 0 Å². The van der Waals surface area contributed by atoms with E-state index in [1.807, 2.05) is 13.8 Å². The smallest absolute Gasteiger partial charge is 0.128 e. The average molecular weight is 142 g/mol. The molecule has 1 aliphatic carbocycles. The van der Waals surface area contributed by atoms with Gasteiger partial charge in [-0.05, 0) is 26.7 Å². The summed E-state index contributed by atoms with van der Waals surface area (Å²) in [4.78, 5) is 10.4. The normalized spacial score (nSPS) is 21.1. The van der Waals surface area contributed by atoms with E-state index in [0.29, 0.717) is 6.61 Å². The van der Waals surface area contributed by atoms with Gasteiger partial charge in [0, 0.05) is 5.41 Å². The lowest BCUT2D eigenvalue weighted by atomic mass is 10.1. The van der Waals surface area contributed by atoms with Crippen LogP contribution in [0.15, 0.2) is 0 Å². The van der Waals surface area contributed by atoms with Gasteiger partial charge in [-0.3, -0.25) is 0 Å². The minimum atomic E-state index is -0.0791. The van der Waals surface area contributed by atoms with Gasteiger partial charge in [-0.15, -0.1) is 0 Å². The van der Waals surface area contributed by atoms with Crippen LogP contribution in [0, 0.1) is 5.41 Å². The molecule has 2 nitrogen and oxygen atoms in total. The van der Waals surface area contributed by atoms with Gasteiger partial charge in [-0.1, -0.05) is 0 Å². The molecule has 1 aliphatic rings. The second-order valence-electron chi connectivity index (χ2n) is 3.34. The summed E-state index contributed by atoms with van der Waals surface area (Å²) in [6, 6.07) is 0. The van der Waals surface area contributed by atoms with Gasteiger partial charge in [0.25, 0.3) is 0 Å². The van der Waals surface area contributed by atoms with Crippen molar-refractivity contribution in [2.45, 2.75) is 32.8 Å². The van der Waals surface area contributed by atoms with Crippen LogP contribution in [0.2, 0.25) is 0 Å². The molecule has 1 saturated carbocycles. The number of aldehydes is 1. The number of rotatable bonds is 4. The summed E-state index contributed by atoms with van der Waals surface area (Å²) in [6.07, 6.45) is 3.32. The Hall–Kier alpha value is -0.370. The third-order valence-electron chi connectivity index (χ3n) is 1.85. The second-order valence-corrected chi connectivity index (χ2v) is 3.34. The fraction of sp³-hybridized carbons (Fsp3) is 0.875. The van der Waals surface area contributed by atoms with Gasteiger partial charge in [-0.2, -0.15) is 0 Å². The average Bonchev–Trinajstić information content (AvgIpc) is 2.64. The molecule has 0 saturated heterocycles. The maximum atomic E-state index is 10.4. The van der Waals surface area contributed by atoms with Crippen molar-refractivity contribution < 1.29 is 9.53 Å². The Morgan fingerprint density at radius 3 is 2.50 bits per heavy atom. The van der Waals surface area contributed by atoms with Gasteiger partial charge in [0.05, 0.1) is 12.7 Å². The molecule has 0 aromatic heterocycles. The second kappa shape index (κ2) is 2.70. The van der Waals surface area contributed by atoms with Gasteiger partial charge < -0.3 is 9.53 Å². The minimum absolute atomic E-state index is 0.0791. The quantitative estimate of drug-likeness (QED) is 0.554. The number of carbonyl (C=O) groups excluding carboxylic acids is 1. The standard InChI is InChI=1S/C8H14O2/c1-7(2)10-6-8(5-9)3-4-8/h5,7H,3-4,6H2,1-2H3. The number of hydrogen-bond acceptors (Lipinski definition) is 2. The Balaban J connectivity index is 2.19. The monoisotopic (exact) mass is 142 g/mol. The van der Waals surface area contributed by atoms with E-state index < -0.39 is 0 Å². The van der Waals surface area contributed by atoms with Crippen LogP contribution in [-0.2, 0) is 9.53 Å². The van der Waals surface area contributed by atoms with Gasteiger partial charge >= 0.3 is 0 Å². The first-order chi connectivity index (χ1) is 4.68. The summed E-state index contributed by atoms with van der Waals surface area (Å²) in [7, 11) is 0. The Morgan fingerprint density at radius 2 is 2.20 bits per heavy atom. The van der Waals surface area contributed by atoms with Crippen molar-refractivity contribution in [2.75, 3.05) is 6.61 Å². The highest BCUT2D eigenvalue weighted by Gasteiger charge is 2.42. The zero-order valence-electron chi connectivity index (χ0n) is 6.59. The minimum Gasteiger partial charge on any atom is -0.378 e. The lowest BCUT2D eigenvalue weighted by Crippen LogP contribution is -2.15. The van der Waals surface area contributed by atoms with Crippen molar-refractivity contribution in [3.63, 3.8) is 0 Å². The molecule has 58 valence electrons. The maximum Gasteiger partial charge on any atom is 0.128 e. The summed E-state index contributed by atoms with van der Waals surface area (Å²) in [5.41, 5.74) is -0.0791.